The molecule has 0 radical (unpaired) electrons. The lowest BCUT2D eigenvalue weighted by molar-refractivity contribution is -0.138. The van der Waals surface area contributed by atoms with Gasteiger partial charge in [-0.15, -0.1) is 11.8 Å². The van der Waals surface area contributed by atoms with Crippen LogP contribution in [0.1, 0.15) is 13.8 Å². The van der Waals surface area contributed by atoms with Crippen LogP contribution in [0, 0.1) is 0 Å². The number of carbonyl (C=O) groups is 1. The van der Waals surface area contributed by atoms with Crippen LogP contribution < -0.4 is 4.90 Å². The minimum atomic E-state index is -0.976. The molecule has 0 aliphatic heterocycles. The predicted molar refractivity (Wildman–Crippen MR) is 101 cm³/mol. The fourth-order valence-corrected chi connectivity index (χ4v) is 3.53. The normalized spacial score (nSPS) is 11.7. The Kier molecular flexibility index (Phi) is 4.43. The third-order valence-electron chi connectivity index (χ3n) is 3.98. The molecule has 0 aliphatic carbocycles. The van der Waals surface area contributed by atoms with Gasteiger partial charge in [0.25, 0.3) is 0 Å². The summed E-state index contributed by atoms with van der Waals surface area (Å²) in [7, 11) is 3.97. The SMILES string of the molecule is CN(C)c1cc(-c2ncncc2SC(C)(C)C(=O)O)c2cc[nH]c2c1. The standard InChI is InChI=1S/C18H20N4O2S/c1-18(2,17(23)24)25-15-9-19-10-21-16(15)13-7-11(22(3)4)8-14-12(13)5-6-20-14/h5-10,20H,1-4H3,(H,23,24). The zero-order valence-corrected chi connectivity index (χ0v) is 15.4. The average Bonchev–Trinajstić information content (AvgIpc) is 3.02. The zero-order chi connectivity index (χ0) is 18.2. The van der Waals surface area contributed by atoms with E-state index in [-0.39, 0.29) is 0 Å². The van der Waals surface area contributed by atoms with E-state index in [0.29, 0.717) is 0 Å². The highest BCUT2D eigenvalue weighted by Gasteiger charge is 2.30. The van der Waals surface area contributed by atoms with E-state index in [1.165, 1.54) is 18.1 Å². The molecule has 0 saturated carbocycles. The number of thioether (sulfide) groups is 1. The number of hydrogen-bond acceptors (Lipinski definition) is 5. The summed E-state index contributed by atoms with van der Waals surface area (Å²) in [5.74, 6) is -0.874. The van der Waals surface area contributed by atoms with Crippen molar-refractivity contribution in [2.75, 3.05) is 19.0 Å². The summed E-state index contributed by atoms with van der Waals surface area (Å²) < 4.78 is -0.976. The highest BCUT2D eigenvalue weighted by atomic mass is 32.2. The number of anilines is 1. The minimum absolute atomic E-state index is 0.739. The van der Waals surface area contributed by atoms with Crippen molar-refractivity contribution < 1.29 is 9.90 Å². The number of carboxylic acids is 1. The van der Waals surface area contributed by atoms with Crippen LogP contribution in [0.5, 0.6) is 0 Å². The molecule has 0 spiro atoms. The third kappa shape index (κ3) is 3.32. The summed E-state index contributed by atoms with van der Waals surface area (Å²) in [5.41, 5.74) is 3.74. The number of aromatic amines is 1. The Morgan fingerprint density at radius 1 is 1.32 bits per heavy atom. The number of nitrogens with one attached hydrogen (secondary N) is 1. The molecule has 1 aromatic carbocycles. The number of hydrogen-bond donors (Lipinski definition) is 2. The smallest absolute Gasteiger partial charge is 0.319 e. The van der Waals surface area contributed by atoms with Gasteiger partial charge in [-0.2, -0.15) is 0 Å². The first kappa shape index (κ1) is 17.3. The summed E-state index contributed by atoms with van der Waals surface area (Å²) in [4.78, 5) is 26.1. The number of aromatic nitrogens is 3. The molecule has 0 amide bonds. The number of aliphatic carboxylic acids is 1. The van der Waals surface area contributed by atoms with E-state index >= 15 is 0 Å². The number of nitrogens with zero attached hydrogens (tertiary/aromatic N) is 3. The molecule has 0 bridgehead atoms. The summed E-state index contributed by atoms with van der Waals surface area (Å²) >= 11 is 1.25. The highest BCUT2D eigenvalue weighted by molar-refractivity contribution is 8.01. The lowest BCUT2D eigenvalue weighted by atomic mass is 10.1. The van der Waals surface area contributed by atoms with Crippen LogP contribution in [0.3, 0.4) is 0 Å². The molecule has 2 N–H and O–H groups in total. The van der Waals surface area contributed by atoms with Crippen molar-refractivity contribution in [1.82, 2.24) is 15.0 Å². The van der Waals surface area contributed by atoms with E-state index in [1.54, 1.807) is 20.0 Å². The zero-order valence-electron chi connectivity index (χ0n) is 14.6. The first-order valence-electron chi connectivity index (χ1n) is 7.81. The fourth-order valence-electron chi connectivity index (χ4n) is 2.52. The number of rotatable bonds is 5. The van der Waals surface area contributed by atoms with Crippen LogP contribution in [-0.4, -0.2) is 44.9 Å². The Bertz CT molecular complexity index is 934. The second-order valence-electron chi connectivity index (χ2n) is 6.48. The molecular formula is C18H20N4O2S. The Morgan fingerprint density at radius 2 is 2.08 bits per heavy atom. The monoisotopic (exact) mass is 356 g/mol. The van der Waals surface area contributed by atoms with Crippen molar-refractivity contribution >= 4 is 34.3 Å². The minimum Gasteiger partial charge on any atom is -0.480 e. The molecule has 6 nitrogen and oxygen atoms in total. The predicted octanol–water partition coefficient (Wildman–Crippen LogP) is 3.65. The number of fused-ring (bicyclic) bond motifs is 1. The molecule has 3 aromatic rings. The quantitative estimate of drug-likeness (QED) is 0.679. The van der Waals surface area contributed by atoms with Gasteiger partial charge in [0.05, 0.1) is 10.6 Å². The van der Waals surface area contributed by atoms with Crippen molar-refractivity contribution in [1.29, 1.82) is 0 Å². The van der Waals surface area contributed by atoms with Gasteiger partial charge in [-0.05, 0) is 32.0 Å². The van der Waals surface area contributed by atoms with E-state index in [2.05, 4.69) is 27.1 Å². The molecule has 0 aliphatic rings. The molecule has 130 valence electrons. The first-order chi connectivity index (χ1) is 11.8. The van der Waals surface area contributed by atoms with Crippen LogP contribution in [0.15, 0.2) is 41.8 Å². The second-order valence-corrected chi connectivity index (χ2v) is 8.14. The summed E-state index contributed by atoms with van der Waals surface area (Å²) in [6.45, 7) is 3.36. The third-order valence-corrected chi connectivity index (χ3v) is 5.19. The number of H-pyrrole nitrogens is 1. The molecule has 0 atom stereocenters. The van der Waals surface area contributed by atoms with Crippen molar-refractivity contribution in [2.24, 2.45) is 0 Å². The molecule has 2 aromatic heterocycles. The maximum Gasteiger partial charge on any atom is 0.319 e. The van der Waals surface area contributed by atoms with Gasteiger partial charge in [0.2, 0.25) is 0 Å². The van der Waals surface area contributed by atoms with Crippen LogP contribution in [0.25, 0.3) is 22.2 Å². The maximum atomic E-state index is 11.5. The summed E-state index contributed by atoms with van der Waals surface area (Å²) in [6, 6.07) is 6.15. The van der Waals surface area contributed by atoms with Crippen molar-refractivity contribution in [3.05, 3.63) is 36.9 Å². The number of benzene rings is 1. The molecule has 0 saturated heterocycles. The fraction of sp³-hybridized carbons (Fsp3) is 0.278. The highest BCUT2D eigenvalue weighted by Crippen LogP contribution is 2.40. The first-order valence-corrected chi connectivity index (χ1v) is 8.62. The van der Waals surface area contributed by atoms with E-state index in [9.17, 15) is 9.90 Å². The molecule has 25 heavy (non-hydrogen) atoms. The molecule has 0 unspecified atom stereocenters. The largest absolute Gasteiger partial charge is 0.480 e. The van der Waals surface area contributed by atoms with E-state index in [4.69, 9.17) is 0 Å². The Hall–Kier alpha value is -2.54. The van der Waals surface area contributed by atoms with Gasteiger partial charge in [-0.3, -0.25) is 4.79 Å². The second kappa shape index (κ2) is 6.40. The summed E-state index contributed by atoms with van der Waals surface area (Å²) in [6.07, 6.45) is 5.06. The Morgan fingerprint density at radius 3 is 2.76 bits per heavy atom. The van der Waals surface area contributed by atoms with Gasteiger partial charge < -0.3 is 15.0 Å². The number of carboxylic acid groups (broad SMARTS) is 1. The van der Waals surface area contributed by atoms with Crippen LogP contribution in [0.4, 0.5) is 5.69 Å². The van der Waals surface area contributed by atoms with Crippen molar-refractivity contribution in [3.8, 4) is 11.3 Å². The van der Waals surface area contributed by atoms with Gasteiger partial charge in [0, 0.05) is 48.6 Å². The van der Waals surface area contributed by atoms with Crippen LogP contribution in [-0.2, 0) is 4.79 Å². The lowest BCUT2D eigenvalue weighted by Crippen LogP contribution is -2.27. The molecule has 3 rings (SSSR count). The molecule has 2 heterocycles. The van der Waals surface area contributed by atoms with Crippen LogP contribution in [0.2, 0.25) is 0 Å². The average molecular weight is 356 g/mol. The van der Waals surface area contributed by atoms with Gasteiger partial charge >= 0.3 is 5.97 Å². The lowest BCUT2D eigenvalue weighted by Gasteiger charge is -2.20. The van der Waals surface area contributed by atoms with Gasteiger partial charge in [0.1, 0.15) is 11.1 Å². The van der Waals surface area contributed by atoms with Gasteiger partial charge in [0.15, 0.2) is 0 Å². The maximum absolute atomic E-state index is 11.5. The Labute approximate surface area is 150 Å². The van der Waals surface area contributed by atoms with E-state index < -0.39 is 10.7 Å². The van der Waals surface area contributed by atoms with Gasteiger partial charge in [-0.1, -0.05) is 0 Å². The van der Waals surface area contributed by atoms with Crippen molar-refractivity contribution in [3.63, 3.8) is 0 Å². The van der Waals surface area contributed by atoms with Crippen molar-refractivity contribution in [2.45, 2.75) is 23.5 Å². The van der Waals surface area contributed by atoms with E-state index in [0.717, 1.165) is 32.7 Å². The van der Waals surface area contributed by atoms with Gasteiger partial charge in [-0.25, -0.2) is 9.97 Å². The topological polar surface area (TPSA) is 82.1 Å². The molecular weight excluding hydrogens is 336 g/mol. The van der Waals surface area contributed by atoms with Crippen LogP contribution >= 0.6 is 11.8 Å². The Balaban J connectivity index is 2.19. The molecule has 7 heteroatoms. The summed E-state index contributed by atoms with van der Waals surface area (Å²) in [5, 5.41) is 10.5. The molecule has 0 fully saturated rings. The van der Waals surface area contributed by atoms with E-state index in [1.807, 2.05) is 31.3 Å².